The van der Waals surface area contributed by atoms with Crippen LogP contribution in [0.15, 0.2) is 30.5 Å². The van der Waals surface area contributed by atoms with Gasteiger partial charge in [0.25, 0.3) is 0 Å². The first kappa shape index (κ1) is 13.8. The average Bonchev–Trinajstić information content (AvgIpc) is 2.75. The highest BCUT2D eigenvalue weighted by atomic mass is 15.3. The molecule has 19 heavy (non-hydrogen) atoms. The van der Waals surface area contributed by atoms with E-state index in [1.54, 1.807) is 0 Å². The van der Waals surface area contributed by atoms with Crippen LogP contribution in [0.2, 0.25) is 0 Å². The maximum absolute atomic E-state index is 4.45. The fourth-order valence-electron chi connectivity index (χ4n) is 2.35. The van der Waals surface area contributed by atoms with Crippen LogP contribution >= 0.6 is 0 Å². The molecular formula is C16H23N3. The molecule has 0 atom stereocenters. The van der Waals surface area contributed by atoms with Crippen molar-refractivity contribution in [2.75, 3.05) is 6.54 Å². The van der Waals surface area contributed by atoms with Crippen molar-refractivity contribution < 1.29 is 0 Å². The molecule has 0 aliphatic heterocycles. The van der Waals surface area contributed by atoms with Crippen molar-refractivity contribution in [2.24, 2.45) is 7.05 Å². The summed E-state index contributed by atoms with van der Waals surface area (Å²) in [4.78, 5) is 0. The van der Waals surface area contributed by atoms with Crippen molar-refractivity contribution in [3.63, 3.8) is 0 Å². The van der Waals surface area contributed by atoms with Gasteiger partial charge in [0.15, 0.2) is 0 Å². The molecular weight excluding hydrogens is 234 g/mol. The zero-order chi connectivity index (χ0) is 13.7. The second-order valence-corrected chi connectivity index (χ2v) is 5.04. The quantitative estimate of drug-likeness (QED) is 0.806. The third-order valence-corrected chi connectivity index (χ3v) is 3.32. The van der Waals surface area contributed by atoms with E-state index in [9.17, 15) is 0 Å². The molecule has 1 aromatic heterocycles. The first-order valence-corrected chi connectivity index (χ1v) is 6.96. The lowest BCUT2D eigenvalue weighted by atomic mass is 10.1. The number of benzene rings is 1. The number of aromatic nitrogens is 2. The molecule has 0 saturated carbocycles. The number of hydrogen-bond acceptors (Lipinski definition) is 2. The van der Waals surface area contributed by atoms with E-state index in [2.05, 4.69) is 54.7 Å². The third kappa shape index (κ3) is 3.93. The monoisotopic (exact) mass is 257 g/mol. The number of aryl methyl sites for hydroxylation is 3. The van der Waals surface area contributed by atoms with E-state index in [0.717, 1.165) is 25.9 Å². The summed E-state index contributed by atoms with van der Waals surface area (Å²) in [5.41, 5.74) is 5.24. The Hall–Kier alpha value is -1.61. The second kappa shape index (κ2) is 6.53. The predicted molar refractivity (Wildman–Crippen MR) is 79.2 cm³/mol. The molecule has 1 aromatic carbocycles. The second-order valence-electron chi connectivity index (χ2n) is 5.04. The average molecular weight is 257 g/mol. The SMILES string of the molecule is CCc1nn(C)cc1CNCCc1cccc(C)c1. The zero-order valence-electron chi connectivity index (χ0n) is 12.1. The van der Waals surface area contributed by atoms with Crippen LogP contribution in [0.5, 0.6) is 0 Å². The molecule has 3 nitrogen and oxygen atoms in total. The van der Waals surface area contributed by atoms with Gasteiger partial charge in [-0.3, -0.25) is 4.68 Å². The minimum absolute atomic E-state index is 0.906. The van der Waals surface area contributed by atoms with Crippen LogP contribution in [0.1, 0.15) is 29.3 Å². The van der Waals surface area contributed by atoms with Gasteiger partial charge in [-0.1, -0.05) is 36.8 Å². The summed E-state index contributed by atoms with van der Waals surface area (Å²) < 4.78 is 1.90. The summed E-state index contributed by atoms with van der Waals surface area (Å²) in [6.45, 7) is 6.20. The summed E-state index contributed by atoms with van der Waals surface area (Å²) in [6, 6.07) is 8.71. The van der Waals surface area contributed by atoms with E-state index in [1.807, 2.05) is 11.7 Å². The molecule has 0 spiro atoms. The van der Waals surface area contributed by atoms with Gasteiger partial charge in [-0.25, -0.2) is 0 Å². The van der Waals surface area contributed by atoms with Gasteiger partial charge < -0.3 is 5.32 Å². The van der Waals surface area contributed by atoms with Crippen LogP contribution in [0.4, 0.5) is 0 Å². The van der Waals surface area contributed by atoms with Crippen LogP contribution in [-0.4, -0.2) is 16.3 Å². The third-order valence-electron chi connectivity index (χ3n) is 3.32. The van der Waals surface area contributed by atoms with Crippen LogP contribution in [-0.2, 0) is 26.4 Å². The number of hydrogen-bond donors (Lipinski definition) is 1. The Bertz CT molecular complexity index is 529. The van der Waals surface area contributed by atoms with Crippen LogP contribution in [0.25, 0.3) is 0 Å². The fourth-order valence-corrected chi connectivity index (χ4v) is 2.35. The smallest absolute Gasteiger partial charge is 0.0666 e. The minimum atomic E-state index is 0.906. The highest BCUT2D eigenvalue weighted by Gasteiger charge is 2.04. The maximum atomic E-state index is 4.45. The van der Waals surface area contributed by atoms with Crippen molar-refractivity contribution in [1.82, 2.24) is 15.1 Å². The first-order valence-electron chi connectivity index (χ1n) is 6.96. The molecule has 0 aliphatic rings. The molecule has 0 radical (unpaired) electrons. The van der Waals surface area contributed by atoms with Gasteiger partial charge in [0, 0.05) is 25.4 Å². The van der Waals surface area contributed by atoms with Gasteiger partial charge in [0.2, 0.25) is 0 Å². The van der Waals surface area contributed by atoms with Crippen LogP contribution in [0, 0.1) is 6.92 Å². The topological polar surface area (TPSA) is 29.9 Å². The molecule has 102 valence electrons. The van der Waals surface area contributed by atoms with E-state index < -0.39 is 0 Å². The van der Waals surface area contributed by atoms with Gasteiger partial charge in [-0.05, 0) is 31.9 Å². The lowest BCUT2D eigenvalue weighted by Gasteiger charge is -2.05. The molecule has 0 aliphatic carbocycles. The summed E-state index contributed by atoms with van der Waals surface area (Å²) in [5.74, 6) is 0. The van der Waals surface area contributed by atoms with Crippen molar-refractivity contribution in [2.45, 2.75) is 33.2 Å². The highest BCUT2D eigenvalue weighted by molar-refractivity contribution is 5.22. The van der Waals surface area contributed by atoms with Crippen molar-refractivity contribution in [3.8, 4) is 0 Å². The van der Waals surface area contributed by atoms with Crippen LogP contribution < -0.4 is 5.32 Å². The van der Waals surface area contributed by atoms with Crippen molar-refractivity contribution in [1.29, 1.82) is 0 Å². The zero-order valence-corrected chi connectivity index (χ0v) is 12.1. The van der Waals surface area contributed by atoms with Gasteiger partial charge in [0.05, 0.1) is 5.69 Å². The molecule has 2 rings (SSSR count). The Morgan fingerprint density at radius 1 is 1.32 bits per heavy atom. The molecule has 2 aromatic rings. The lowest BCUT2D eigenvalue weighted by molar-refractivity contribution is 0.682. The summed E-state index contributed by atoms with van der Waals surface area (Å²) in [5, 5.41) is 7.96. The first-order chi connectivity index (χ1) is 9.19. The van der Waals surface area contributed by atoms with Gasteiger partial charge >= 0.3 is 0 Å². The normalized spacial score (nSPS) is 10.9. The fraction of sp³-hybridized carbons (Fsp3) is 0.438. The molecule has 0 saturated heterocycles. The molecule has 0 unspecified atom stereocenters. The van der Waals surface area contributed by atoms with Crippen molar-refractivity contribution >= 4 is 0 Å². The number of nitrogens with one attached hydrogen (secondary N) is 1. The molecule has 0 bridgehead atoms. The van der Waals surface area contributed by atoms with Gasteiger partial charge in [0.1, 0.15) is 0 Å². The van der Waals surface area contributed by atoms with Crippen LogP contribution in [0.3, 0.4) is 0 Å². The number of rotatable bonds is 6. The van der Waals surface area contributed by atoms with E-state index in [-0.39, 0.29) is 0 Å². The minimum Gasteiger partial charge on any atom is -0.312 e. The number of nitrogens with zero attached hydrogens (tertiary/aromatic N) is 2. The summed E-state index contributed by atoms with van der Waals surface area (Å²) in [6.07, 6.45) is 4.18. The molecule has 0 amide bonds. The van der Waals surface area contributed by atoms with Gasteiger partial charge in [-0.2, -0.15) is 5.10 Å². The van der Waals surface area contributed by atoms with Crippen molar-refractivity contribution in [3.05, 3.63) is 52.8 Å². The Balaban J connectivity index is 1.80. The summed E-state index contributed by atoms with van der Waals surface area (Å²) in [7, 11) is 1.98. The maximum Gasteiger partial charge on any atom is 0.0666 e. The van der Waals surface area contributed by atoms with E-state index in [1.165, 1.54) is 22.4 Å². The highest BCUT2D eigenvalue weighted by Crippen LogP contribution is 2.07. The molecule has 1 N–H and O–H groups in total. The van der Waals surface area contributed by atoms with E-state index >= 15 is 0 Å². The van der Waals surface area contributed by atoms with E-state index in [4.69, 9.17) is 0 Å². The Kier molecular flexibility index (Phi) is 4.74. The summed E-state index contributed by atoms with van der Waals surface area (Å²) >= 11 is 0. The Labute approximate surface area is 115 Å². The van der Waals surface area contributed by atoms with E-state index in [0.29, 0.717) is 0 Å². The predicted octanol–water partition coefficient (Wildman–Crippen LogP) is 2.62. The van der Waals surface area contributed by atoms with Gasteiger partial charge in [-0.15, -0.1) is 0 Å². The standard InChI is InChI=1S/C16H23N3/c1-4-16-15(12-19(3)18-16)11-17-9-8-14-7-5-6-13(2)10-14/h5-7,10,12,17H,4,8-9,11H2,1-3H3. The largest absolute Gasteiger partial charge is 0.312 e. The Morgan fingerprint density at radius 2 is 2.16 bits per heavy atom. The lowest BCUT2D eigenvalue weighted by Crippen LogP contribution is -2.17. The molecule has 0 fully saturated rings. The molecule has 3 heteroatoms. The molecule has 1 heterocycles. The Morgan fingerprint density at radius 3 is 2.89 bits per heavy atom.